The highest BCUT2D eigenvalue weighted by atomic mass is 31.1. The van der Waals surface area contributed by atoms with E-state index in [1.54, 1.807) is 18.5 Å². The van der Waals surface area contributed by atoms with Crippen molar-refractivity contribution in [1.82, 2.24) is 0 Å². The third-order valence-electron chi connectivity index (χ3n) is 6.98. The van der Waals surface area contributed by atoms with Crippen molar-refractivity contribution in [2.45, 2.75) is 175 Å². The van der Waals surface area contributed by atoms with Gasteiger partial charge in [0.05, 0.1) is 0 Å². The van der Waals surface area contributed by atoms with E-state index in [1.807, 2.05) is 0 Å². The Bertz CT molecular complexity index is 277. The zero-order valence-electron chi connectivity index (χ0n) is 22.5. The lowest BCUT2D eigenvalue weighted by molar-refractivity contribution is 0.561. The fourth-order valence-corrected chi connectivity index (χ4v) is 7.43. The Morgan fingerprint density at radius 2 is 0.452 bits per heavy atom. The maximum Gasteiger partial charge on any atom is -0.0326 e. The van der Waals surface area contributed by atoms with E-state index in [2.05, 4.69) is 20.8 Å². The molecule has 0 radical (unpaired) electrons. The maximum absolute atomic E-state index is 2.34. The quantitative estimate of drug-likeness (QED) is 0.0854. The molecule has 0 bridgehead atoms. The molecule has 0 aromatic rings. The van der Waals surface area contributed by atoms with E-state index >= 15 is 0 Å². The fraction of sp³-hybridized carbons (Fsp3) is 1.00. The maximum atomic E-state index is 2.34. The smallest absolute Gasteiger partial charge is 0.0326 e. The molecule has 0 N–H and O–H groups in total. The van der Waals surface area contributed by atoms with Crippen molar-refractivity contribution in [1.29, 1.82) is 0 Å². The van der Waals surface area contributed by atoms with Crippen molar-refractivity contribution in [3.8, 4) is 0 Å². The summed E-state index contributed by atoms with van der Waals surface area (Å²) in [6.45, 7) is 6.97. The van der Waals surface area contributed by atoms with Crippen molar-refractivity contribution in [3.05, 3.63) is 0 Å². The minimum absolute atomic E-state index is 0.354. The Morgan fingerprint density at radius 1 is 0.258 bits per heavy atom. The summed E-state index contributed by atoms with van der Waals surface area (Å²) in [7, 11) is 0.354. The van der Waals surface area contributed by atoms with Crippen LogP contribution in [0.15, 0.2) is 0 Å². The summed E-state index contributed by atoms with van der Waals surface area (Å²) >= 11 is 0. The molecule has 0 aliphatic heterocycles. The van der Waals surface area contributed by atoms with Crippen LogP contribution in [0.1, 0.15) is 175 Å². The summed E-state index contributed by atoms with van der Waals surface area (Å²) in [5.41, 5.74) is 0. The molecule has 0 heterocycles. The molecule has 0 aliphatic rings. The van der Waals surface area contributed by atoms with E-state index in [0.29, 0.717) is 7.92 Å². The van der Waals surface area contributed by atoms with Gasteiger partial charge in [-0.15, -0.1) is 7.92 Å². The van der Waals surface area contributed by atoms with Crippen LogP contribution in [0, 0.1) is 0 Å². The summed E-state index contributed by atoms with van der Waals surface area (Å²) in [6, 6.07) is 0. The molecule has 0 aliphatic carbocycles. The average Bonchev–Trinajstić information content (AvgIpc) is 2.78. The van der Waals surface area contributed by atoms with Gasteiger partial charge in [0.1, 0.15) is 0 Å². The van der Waals surface area contributed by atoms with Gasteiger partial charge in [0.15, 0.2) is 0 Å². The summed E-state index contributed by atoms with van der Waals surface area (Å²) in [4.78, 5) is 0. The lowest BCUT2D eigenvalue weighted by Gasteiger charge is -2.18. The summed E-state index contributed by atoms with van der Waals surface area (Å²) in [5.74, 6) is 0. The summed E-state index contributed by atoms with van der Waals surface area (Å²) in [5, 5.41) is 0. The first-order valence-electron chi connectivity index (χ1n) is 15.1. The first kappa shape index (κ1) is 31.4. The number of hydrogen-bond acceptors (Lipinski definition) is 0. The molecule has 0 saturated heterocycles. The Morgan fingerprint density at radius 3 is 0.710 bits per heavy atom. The van der Waals surface area contributed by atoms with Crippen molar-refractivity contribution in [2.24, 2.45) is 0 Å². The summed E-state index contributed by atoms with van der Waals surface area (Å²) < 4.78 is 0. The Hall–Kier alpha value is 0.430. The van der Waals surface area contributed by atoms with Crippen LogP contribution in [0.4, 0.5) is 0 Å². The van der Waals surface area contributed by atoms with Crippen molar-refractivity contribution >= 4 is 7.92 Å². The second-order valence-corrected chi connectivity index (χ2v) is 12.9. The monoisotopic (exact) mass is 454 g/mol. The van der Waals surface area contributed by atoms with Gasteiger partial charge >= 0.3 is 0 Å². The van der Waals surface area contributed by atoms with Gasteiger partial charge in [-0.1, -0.05) is 156 Å². The third-order valence-corrected chi connectivity index (χ3v) is 9.83. The molecule has 0 saturated carbocycles. The van der Waals surface area contributed by atoms with Crippen LogP contribution in [-0.4, -0.2) is 18.5 Å². The molecule has 0 aromatic carbocycles. The van der Waals surface area contributed by atoms with Gasteiger partial charge < -0.3 is 0 Å². The van der Waals surface area contributed by atoms with Crippen LogP contribution in [0.5, 0.6) is 0 Å². The highest BCUT2D eigenvalue weighted by Gasteiger charge is 2.08. The Balaban J connectivity index is 3.68. The first-order valence-corrected chi connectivity index (χ1v) is 17.0. The topological polar surface area (TPSA) is 0 Å². The molecule has 0 unspecified atom stereocenters. The normalized spacial score (nSPS) is 11.6. The molecule has 188 valence electrons. The van der Waals surface area contributed by atoms with Gasteiger partial charge in [-0.2, -0.15) is 0 Å². The van der Waals surface area contributed by atoms with Gasteiger partial charge in [-0.3, -0.25) is 0 Å². The van der Waals surface area contributed by atoms with Gasteiger partial charge in [0.25, 0.3) is 0 Å². The van der Waals surface area contributed by atoms with Crippen molar-refractivity contribution in [3.63, 3.8) is 0 Å². The predicted molar refractivity (Wildman–Crippen MR) is 149 cm³/mol. The van der Waals surface area contributed by atoms with Crippen molar-refractivity contribution < 1.29 is 0 Å². The van der Waals surface area contributed by atoms with Gasteiger partial charge in [-0.05, 0) is 37.7 Å². The Kier molecular flexibility index (Phi) is 28.9. The lowest BCUT2D eigenvalue weighted by Crippen LogP contribution is -1.97. The molecule has 31 heavy (non-hydrogen) atoms. The van der Waals surface area contributed by atoms with Crippen LogP contribution in [0.3, 0.4) is 0 Å². The zero-order valence-corrected chi connectivity index (χ0v) is 23.4. The van der Waals surface area contributed by atoms with Gasteiger partial charge in [-0.25, -0.2) is 0 Å². The largest absolute Gasteiger partial charge is 0.107 e. The zero-order chi connectivity index (χ0) is 22.7. The van der Waals surface area contributed by atoms with Gasteiger partial charge in [0, 0.05) is 0 Å². The highest BCUT2D eigenvalue weighted by Crippen LogP contribution is 2.39. The van der Waals surface area contributed by atoms with E-state index in [0.717, 1.165) is 0 Å². The van der Waals surface area contributed by atoms with E-state index in [-0.39, 0.29) is 0 Å². The van der Waals surface area contributed by atoms with E-state index < -0.39 is 0 Å². The van der Waals surface area contributed by atoms with Gasteiger partial charge in [0.2, 0.25) is 0 Å². The second-order valence-electron chi connectivity index (χ2n) is 10.3. The van der Waals surface area contributed by atoms with Crippen LogP contribution in [0.25, 0.3) is 0 Å². The minimum Gasteiger partial charge on any atom is -0.107 e. The molecular formula is C30H63P. The highest BCUT2D eigenvalue weighted by molar-refractivity contribution is 7.57. The fourth-order valence-electron chi connectivity index (χ4n) is 4.74. The lowest BCUT2D eigenvalue weighted by atomic mass is 10.1. The van der Waals surface area contributed by atoms with Crippen LogP contribution < -0.4 is 0 Å². The predicted octanol–water partition coefficient (Wildman–Crippen LogP) is 11.9. The number of hydrogen-bond donors (Lipinski definition) is 0. The Labute approximate surface area is 201 Å². The molecular weight excluding hydrogens is 391 g/mol. The van der Waals surface area contributed by atoms with Crippen LogP contribution in [-0.2, 0) is 0 Å². The first-order chi connectivity index (χ1) is 15.3. The number of unbranched alkanes of at least 4 members (excludes halogenated alkanes) is 21. The molecule has 0 amide bonds. The van der Waals surface area contributed by atoms with E-state index in [4.69, 9.17) is 0 Å². The summed E-state index contributed by atoms with van der Waals surface area (Å²) in [6.07, 6.45) is 40.2. The molecule has 0 atom stereocenters. The molecule has 0 nitrogen and oxygen atoms in total. The van der Waals surface area contributed by atoms with Crippen LogP contribution in [0.2, 0.25) is 0 Å². The minimum atomic E-state index is 0.354. The molecule has 0 aromatic heterocycles. The molecule has 0 fully saturated rings. The average molecular weight is 455 g/mol. The third kappa shape index (κ3) is 26.6. The second kappa shape index (κ2) is 28.5. The van der Waals surface area contributed by atoms with E-state index in [9.17, 15) is 0 Å². The molecule has 0 rings (SSSR count). The standard InChI is InChI=1S/C30H63P/c1-4-7-10-13-15-17-19-21-23-26-29-31(28-25-12-9-6-3)30-27-24-22-20-18-16-14-11-8-5-2/h4-30H2,1-3H3. The number of rotatable bonds is 27. The van der Waals surface area contributed by atoms with E-state index in [1.165, 1.54) is 154 Å². The van der Waals surface area contributed by atoms with Crippen molar-refractivity contribution in [2.75, 3.05) is 18.5 Å². The SMILES string of the molecule is CCCCCCCCCCCCP(CCCCCC)CCCCCCCCCCCC. The molecule has 1 heteroatoms. The van der Waals surface area contributed by atoms with Crippen LogP contribution >= 0.6 is 7.92 Å². The molecule has 0 spiro atoms.